The van der Waals surface area contributed by atoms with E-state index in [4.69, 9.17) is 34.8 Å². The van der Waals surface area contributed by atoms with Gasteiger partial charge in [0.15, 0.2) is 0 Å². The van der Waals surface area contributed by atoms with E-state index in [2.05, 4.69) is 6.58 Å². The van der Waals surface area contributed by atoms with E-state index in [0.29, 0.717) is 18.0 Å². The maximum Gasteiger partial charge on any atom is 0.245 e. The van der Waals surface area contributed by atoms with Gasteiger partial charge in [-0.15, -0.1) is 17.9 Å². The largest absolute Gasteiger partial charge is 0.330 e. The Balaban J connectivity index is 1.68. The first-order valence-electron chi connectivity index (χ1n) is 10.4. The zero-order valence-electron chi connectivity index (χ0n) is 18.0. The van der Waals surface area contributed by atoms with Gasteiger partial charge in [-0.3, -0.25) is 4.79 Å². The lowest BCUT2D eigenvalue weighted by Gasteiger charge is -2.37. The molecule has 0 bridgehead atoms. The summed E-state index contributed by atoms with van der Waals surface area (Å²) in [7, 11) is -4.10. The molecular formula is C24H21Cl3N2O3S2. The van der Waals surface area contributed by atoms with Crippen molar-refractivity contribution in [3.63, 3.8) is 0 Å². The van der Waals surface area contributed by atoms with Crippen LogP contribution in [-0.4, -0.2) is 43.2 Å². The summed E-state index contributed by atoms with van der Waals surface area (Å²) in [4.78, 5) is 16.4. The van der Waals surface area contributed by atoms with Gasteiger partial charge in [0.05, 0.1) is 17.6 Å². The molecule has 1 aromatic heterocycles. The Morgan fingerprint density at radius 2 is 1.82 bits per heavy atom. The minimum Gasteiger partial charge on any atom is -0.330 e. The summed E-state index contributed by atoms with van der Waals surface area (Å²) in [5.74, 6) is -0.319. The van der Waals surface area contributed by atoms with E-state index < -0.39 is 10.0 Å². The number of hydrogen-bond donors (Lipinski definition) is 0. The molecule has 1 amide bonds. The summed E-state index contributed by atoms with van der Waals surface area (Å²) in [6.45, 7) is 3.72. The molecular weight excluding hydrogens is 535 g/mol. The number of nitrogens with zero attached hydrogens (tertiary/aromatic N) is 2. The third-order valence-electron chi connectivity index (χ3n) is 5.63. The number of amides is 1. The average Bonchev–Trinajstić information content (AvgIpc) is 3.29. The van der Waals surface area contributed by atoms with Crippen molar-refractivity contribution in [3.8, 4) is 0 Å². The second-order valence-electron chi connectivity index (χ2n) is 7.75. The van der Waals surface area contributed by atoms with Crippen LogP contribution in [0.25, 0.3) is 0 Å². The van der Waals surface area contributed by atoms with Gasteiger partial charge in [0, 0.05) is 28.0 Å². The fourth-order valence-corrected chi connectivity index (χ4v) is 7.16. The summed E-state index contributed by atoms with van der Waals surface area (Å²) < 4.78 is 27.9. The number of hydrogen-bond acceptors (Lipinski definition) is 4. The van der Waals surface area contributed by atoms with Crippen molar-refractivity contribution in [1.29, 1.82) is 0 Å². The van der Waals surface area contributed by atoms with Crippen LogP contribution < -0.4 is 0 Å². The number of carbonyl (C=O) groups is 1. The number of halogens is 3. The lowest BCUT2D eigenvalue weighted by Crippen LogP contribution is -2.46. The molecule has 0 spiro atoms. The number of benzene rings is 2. The zero-order valence-corrected chi connectivity index (χ0v) is 21.9. The van der Waals surface area contributed by atoms with Crippen molar-refractivity contribution < 1.29 is 13.2 Å². The topological polar surface area (TPSA) is 57.7 Å². The molecule has 5 nitrogen and oxygen atoms in total. The predicted octanol–water partition coefficient (Wildman–Crippen LogP) is 6.06. The molecule has 1 aliphatic rings. The Morgan fingerprint density at radius 3 is 2.53 bits per heavy atom. The third-order valence-corrected chi connectivity index (χ3v) is 9.40. The zero-order chi connectivity index (χ0) is 24.5. The summed E-state index contributed by atoms with van der Waals surface area (Å²) in [5, 5.41) is 2.88. The van der Waals surface area contributed by atoms with Crippen molar-refractivity contribution in [3.05, 3.63) is 97.6 Å². The summed E-state index contributed by atoms with van der Waals surface area (Å²) in [5.41, 5.74) is 1.95. The molecule has 0 aliphatic carbocycles. The van der Waals surface area contributed by atoms with E-state index in [-0.39, 0.29) is 40.0 Å². The van der Waals surface area contributed by atoms with Crippen LogP contribution in [0.1, 0.15) is 22.0 Å². The highest BCUT2D eigenvalue weighted by atomic mass is 35.5. The lowest BCUT2D eigenvalue weighted by molar-refractivity contribution is -0.133. The fourth-order valence-electron chi connectivity index (χ4n) is 4.04. The first-order chi connectivity index (χ1) is 16.2. The monoisotopic (exact) mass is 554 g/mol. The molecule has 4 rings (SSSR count). The van der Waals surface area contributed by atoms with Crippen molar-refractivity contribution >= 4 is 62.1 Å². The Morgan fingerprint density at radius 1 is 1.12 bits per heavy atom. The van der Waals surface area contributed by atoms with Crippen LogP contribution in [0.2, 0.25) is 15.1 Å². The van der Waals surface area contributed by atoms with Crippen LogP contribution in [0.5, 0.6) is 0 Å². The van der Waals surface area contributed by atoms with Gasteiger partial charge in [-0.25, -0.2) is 8.42 Å². The maximum absolute atomic E-state index is 13.6. The van der Waals surface area contributed by atoms with Crippen LogP contribution in [-0.2, 0) is 21.2 Å². The van der Waals surface area contributed by atoms with E-state index >= 15 is 0 Å². The van der Waals surface area contributed by atoms with E-state index in [9.17, 15) is 13.2 Å². The van der Waals surface area contributed by atoms with Gasteiger partial charge < -0.3 is 4.90 Å². The van der Waals surface area contributed by atoms with E-state index in [1.165, 1.54) is 29.2 Å². The number of rotatable bonds is 7. The molecule has 0 N–H and O–H groups in total. The molecule has 2 heterocycles. The number of thiophene rings is 1. The molecule has 0 saturated heterocycles. The van der Waals surface area contributed by atoms with Gasteiger partial charge in [-0.2, -0.15) is 4.31 Å². The first-order valence-corrected chi connectivity index (χ1v) is 13.8. The molecule has 3 aromatic rings. The fraction of sp³-hybridized carbons (Fsp3) is 0.208. The summed E-state index contributed by atoms with van der Waals surface area (Å²) >= 11 is 19.9. The van der Waals surface area contributed by atoms with Crippen LogP contribution >= 0.6 is 46.1 Å². The predicted molar refractivity (Wildman–Crippen MR) is 138 cm³/mol. The molecule has 34 heavy (non-hydrogen) atoms. The highest BCUT2D eigenvalue weighted by molar-refractivity contribution is 7.89. The molecule has 10 heteroatoms. The molecule has 178 valence electrons. The van der Waals surface area contributed by atoms with Gasteiger partial charge in [0.25, 0.3) is 0 Å². The van der Waals surface area contributed by atoms with Crippen molar-refractivity contribution in [2.45, 2.75) is 17.4 Å². The second kappa shape index (κ2) is 10.4. The summed E-state index contributed by atoms with van der Waals surface area (Å²) in [6.07, 6.45) is 2.14. The minimum absolute atomic E-state index is 0.0332. The van der Waals surface area contributed by atoms with Gasteiger partial charge in [-0.05, 0) is 59.3 Å². The van der Waals surface area contributed by atoms with E-state index in [1.54, 1.807) is 28.4 Å². The molecule has 0 saturated carbocycles. The average molecular weight is 556 g/mol. The number of sulfonamides is 1. The van der Waals surface area contributed by atoms with Gasteiger partial charge >= 0.3 is 0 Å². The molecule has 1 atom stereocenters. The Labute approximate surface area is 218 Å². The standard InChI is InChI=1S/C24H21Cl3N2O3S2/c1-2-11-28(34(31,32)22-14-18(26)7-8-20(22)27)15-23(30)29-12-9-21-19(10-13-33-21)24(29)16-3-5-17(25)6-4-16/h2-8,10,13-14,24H,1,9,11-12,15H2/t24-/m1/s1. The first kappa shape index (κ1) is 25.2. The highest BCUT2D eigenvalue weighted by Gasteiger charge is 2.36. The number of carbonyl (C=O) groups excluding carboxylic acids is 1. The van der Waals surface area contributed by atoms with E-state index in [1.807, 2.05) is 23.6 Å². The highest BCUT2D eigenvalue weighted by Crippen LogP contribution is 2.38. The quantitative estimate of drug-likeness (QED) is 0.333. The molecule has 2 aromatic carbocycles. The smallest absolute Gasteiger partial charge is 0.245 e. The lowest BCUT2D eigenvalue weighted by atomic mass is 9.93. The molecule has 0 unspecified atom stereocenters. The van der Waals surface area contributed by atoms with Crippen LogP contribution in [0.15, 0.2) is 71.5 Å². The number of fused-ring (bicyclic) bond motifs is 1. The Hall–Kier alpha value is -1.87. The molecule has 0 radical (unpaired) electrons. The Kier molecular flexibility index (Phi) is 7.72. The maximum atomic E-state index is 13.6. The molecule has 0 fully saturated rings. The van der Waals surface area contributed by atoms with Crippen molar-refractivity contribution in [2.75, 3.05) is 19.6 Å². The minimum atomic E-state index is -4.10. The summed E-state index contributed by atoms with van der Waals surface area (Å²) in [6, 6.07) is 13.3. The van der Waals surface area contributed by atoms with Crippen LogP contribution in [0, 0.1) is 0 Å². The van der Waals surface area contributed by atoms with Gasteiger partial charge in [-0.1, -0.05) is 53.0 Å². The SMILES string of the molecule is C=CCN(CC(=O)N1CCc2sccc2[C@H]1c1ccc(Cl)cc1)S(=O)(=O)c1cc(Cl)ccc1Cl. The van der Waals surface area contributed by atoms with Crippen LogP contribution in [0.4, 0.5) is 0 Å². The molecule has 1 aliphatic heterocycles. The van der Waals surface area contributed by atoms with Crippen molar-refractivity contribution in [2.24, 2.45) is 0 Å². The van der Waals surface area contributed by atoms with Gasteiger partial charge in [0.2, 0.25) is 15.9 Å². The van der Waals surface area contributed by atoms with Crippen LogP contribution in [0.3, 0.4) is 0 Å². The normalized spacial score (nSPS) is 15.9. The van der Waals surface area contributed by atoms with Crippen molar-refractivity contribution in [1.82, 2.24) is 9.21 Å². The second-order valence-corrected chi connectivity index (χ2v) is 11.9. The third kappa shape index (κ3) is 5.05. The van der Waals surface area contributed by atoms with Gasteiger partial charge in [0.1, 0.15) is 4.90 Å². The van der Waals surface area contributed by atoms with E-state index in [0.717, 1.165) is 15.4 Å². The Bertz CT molecular complexity index is 1320.